The molecule has 11 heavy (non-hydrogen) atoms. The van der Waals surface area contributed by atoms with E-state index < -0.39 is 0 Å². The van der Waals surface area contributed by atoms with Crippen molar-refractivity contribution < 1.29 is 4.79 Å². The van der Waals surface area contributed by atoms with E-state index >= 15 is 0 Å². The van der Waals surface area contributed by atoms with Crippen LogP contribution in [-0.4, -0.2) is 10.8 Å². The Labute approximate surface area is 65.6 Å². The molecule has 1 heterocycles. The summed E-state index contributed by atoms with van der Waals surface area (Å²) in [4.78, 5) is 14.4. The van der Waals surface area contributed by atoms with Crippen molar-refractivity contribution in [3.63, 3.8) is 0 Å². The Morgan fingerprint density at radius 1 is 1.64 bits per heavy atom. The molecular weight excluding hydrogens is 138 g/mol. The molecule has 0 aliphatic carbocycles. The van der Waals surface area contributed by atoms with Crippen molar-refractivity contribution in [2.75, 3.05) is 0 Å². The van der Waals surface area contributed by atoms with E-state index in [2.05, 4.69) is 4.98 Å². The molecular formula is C9H9NO. The van der Waals surface area contributed by atoms with Crippen molar-refractivity contribution in [1.82, 2.24) is 4.98 Å². The van der Waals surface area contributed by atoms with E-state index in [0.29, 0.717) is 0 Å². The minimum Gasteiger partial charge on any atom is -0.295 e. The number of rotatable bonds is 2. The average molecular weight is 147 g/mol. The SMILES string of the molecule is CC(=O)/C=C/c1cccnc1. The molecule has 1 aromatic rings. The maximum atomic E-state index is 10.5. The number of pyridine rings is 1. The van der Waals surface area contributed by atoms with E-state index in [1.165, 1.54) is 13.0 Å². The second-order valence-corrected chi connectivity index (χ2v) is 2.23. The molecule has 1 rings (SSSR count). The Balaban J connectivity index is 2.72. The molecule has 0 aliphatic rings. The maximum Gasteiger partial charge on any atom is 0.152 e. The van der Waals surface area contributed by atoms with Gasteiger partial charge in [-0.05, 0) is 30.7 Å². The van der Waals surface area contributed by atoms with Gasteiger partial charge < -0.3 is 0 Å². The topological polar surface area (TPSA) is 30.0 Å². The Kier molecular flexibility index (Phi) is 2.55. The number of ketones is 1. The normalized spacial score (nSPS) is 10.3. The first kappa shape index (κ1) is 7.66. The van der Waals surface area contributed by atoms with Crippen molar-refractivity contribution >= 4 is 11.9 Å². The third-order valence-electron chi connectivity index (χ3n) is 1.19. The summed E-state index contributed by atoms with van der Waals surface area (Å²) >= 11 is 0. The lowest BCUT2D eigenvalue weighted by atomic mass is 10.2. The monoisotopic (exact) mass is 147 g/mol. The zero-order chi connectivity index (χ0) is 8.10. The summed E-state index contributed by atoms with van der Waals surface area (Å²) in [6.45, 7) is 1.52. The lowest BCUT2D eigenvalue weighted by Crippen LogP contribution is -1.80. The van der Waals surface area contributed by atoms with Crippen molar-refractivity contribution in [2.24, 2.45) is 0 Å². The minimum absolute atomic E-state index is 0.0499. The van der Waals surface area contributed by atoms with Crippen LogP contribution in [0.2, 0.25) is 0 Å². The number of carbonyl (C=O) groups is 1. The van der Waals surface area contributed by atoms with E-state index in [0.717, 1.165) is 5.56 Å². The molecule has 0 atom stereocenters. The van der Waals surface area contributed by atoms with Gasteiger partial charge in [0.15, 0.2) is 5.78 Å². The van der Waals surface area contributed by atoms with E-state index in [9.17, 15) is 4.79 Å². The maximum absolute atomic E-state index is 10.5. The van der Waals surface area contributed by atoms with Crippen molar-refractivity contribution in [3.05, 3.63) is 36.2 Å². The summed E-state index contributed by atoms with van der Waals surface area (Å²) in [5.41, 5.74) is 0.947. The van der Waals surface area contributed by atoms with Gasteiger partial charge in [0.2, 0.25) is 0 Å². The molecule has 0 saturated heterocycles. The molecule has 0 N–H and O–H groups in total. The summed E-state index contributed by atoms with van der Waals surface area (Å²) in [7, 11) is 0. The lowest BCUT2D eigenvalue weighted by Gasteiger charge is -1.87. The highest BCUT2D eigenvalue weighted by Crippen LogP contribution is 1.97. The quantitative estimate of drug-likeness (QED) is 0.596. The van der Waals surface area contributed by atoms with Crippen LogP contribution in [0, 0.1) is 0 Å². The lowest BCUT2D eigenvalue weighted by molar-refractivity contribution is -0.112. The number of allylic oxidation sites excluding steroid dienone is 1. The highest BCUT2D eigenvalue weighted by Gasteiger charge is 1.84. The van der Waals surface area contributed by atoms with E-state index in [-0.39, 0.29) is 5.78 Å². The van der Waals surface area contributed by atoms with Crippen LogP contribution >= 0.6 is 0 Å². The number of aromatic nitrogens is 1. The third-order valence-corrected chi connectivity index (χ3v) is 1.19. The number of carbonyl (C=O) groups excluding carboxylic acids is 1. The van der Waals surface area contributed by atoms with Crippen LogP contribution in [0.25, 0.3) is 6.08 Å². The van der Waals surface area contributed by atoms with Crippen LogP contribution in [0.5, 0.6) is 0 Å². The summed E-state index contributed by atoms with van der Waals surface area (Å²) in [5, 5.41) is 0. The van der Waals surface area contributed by atoms with Crippen LogP contribution in [0.1, 0.15) is 12.5 Å². The molecule has 2 nitrogen and oxygen atoms in total. The average Bonchev–Trinajstić information content (AvgIpc) is 2.03. The molecule has 0 amide bonds. The predicted molar refractivity (Wildman–Crippen MR) is 44.0 cm³/mol. The second-order valence-electron chi connectivity index (χ2n) is 2.23. The smallest absolute Gasteiger partial charge is 0.152 e. The fraction of sp³-hybridized carbons (Fsp3) is 0.111. The molecule has 0 radical (unpaired) electrons. The summed E-state index contributed by atoms with van der Waals surface area (Å²) in [6.07, 6.45) is 6.68. The van der Waals surface area contributed by atoms with Gasteiger partial charge in [-0.3, -0.25) is 9.78 Å². The molecule has 0 aliphatic heterocycles. The largest absolute Gasteiger partial charge is 0.295 e. The molecule has 0 spiro atoms. The van der Waals surface area contributed by atoms with Gasteiger partial charge in [0, 0.05) is 12.4 Å². The Hall–Kier alpha value is -1.44. The summed E-state index contributed by atoms with van der Waals surface area (Å²) in [5.74, 6) is 0.0499. The summed E-state index contributed by atoms with van der Waals surface area (Å²) < 4.78 is 0. The van der Waals surface area contributed by atoms with Crippen LogP contribution in [-0.2, 0) is 4.79 Å². The fourth-order valence-corrected chi connectivity index (χ4v) is 0.688. The van der Waals surface area contributed by atoms with Crippen LogP contribution in [0.15, 0.2) is 30.6 Å². The molecule has 0 saturated carbocycles. The first-order valence-electron chi connectivity index (χ1n) is 3.38. The molecule has 0 aromatic carbocycles. The Morgan fingerprint density at radius 3 is 3.00 bits per heavy atom. The molecule has 0 unspecified atom stereocenters. The van der Waals surface area contributed by atoms with Gasteiger partial charge >= 0.3 is 0 Å². The number of hydrogen-bond acceptors (Lipinski definition) is 2. The third kappa shape index (κ3) is 2.76. The zero-order valence-electron chi connectivity index (χ0n) is 6.32. The predicted octanol–water partition coefficient (Wildman–Crippen LogP) is 1.68. The Morgan fingerprint density at radius 2 is 2.45 bits per heavy atom. The molecule has 2 heteroatoms. The first-order chi connectivity index (χ1) is 5.29. The first-order valence-corrected chi connectivity index (χ1v) is 3.38. The van der Waals surface area contributed by atoms with Crippen molar-refractivity contribution in [2.45, 2.75) is 6.92 Å². The van der Waals surface area contributed by atoms with Gasteiger partial charge in [0.25, 0.3) is 0 Å². The van der Waals surface area contributed by atoms with Gasteiger partial charge in [-0.15, -0.1) is 0 Å². The van der Waals surface area contributed by atoms with Gasteiger partial charge in [0.1, 0.15) is 0 Å². The minimum atomic E-state index is 0.0499. The van der Waals surface area contributed by atoms with E-state index in [1.54, 1.807) is 18.5 Å². The van der Waals surface area contributed by atoms with Gasteiger partial charge in [-0.1, -0.05) is 6.07 Å². The highest BCUT2D eigenvalue weighted by molar-refractivity contribution is 5.91. The van der Waals surface area contributed by atoms with Gasteiger partial charge in [-0.2, -0.15) is 0 Å². The van der Waals surface area contributed by atoms with Crippen LogP contribution < -0.4 is 0 Å². The molecule has 1 aromatic heterocycles. The van der Waals surface area contributed by atoms with Crippen LogP contribution in [0.3, 0.4) is 0 Å². The van der Waals surface area contributed by atoms with E-state index in [4.69, 9.17) is 0 Å². The molecule has 0 fully saturated rings. The van der Waals surface area contributed by atoms with E-state index in [1.807, 2.05) is 12.1 Å². The van der Waals surface area contributed by atoms with Crippen LogP contribution in [0.4, 0.5) is 0 Å². The summed E-state index contributed by atoms with van der Waals surface area (Å²) in [6, 6.07) is 3.73. The number of hydrogen-bond donors (Lipinski definition) is 0. The zero-order valence-corrected chi connectivity index (χ0v) is 6.32. The number of nitrogens with zero attached hydrogens (tertiary/aromatic N) is 1. The van der Waals surface area contributed by atoms with Crippen molar-refractivity contribution in [3.8, 4) is 0 Å². The molecule has 56 valence electrons. The van der Waals surface area contributed by atoms with Crippen molar-refractivity contribution in [1.29, 1.82) is 0 Å². The van der Waals surface area contributed by atoms with Gasteiger partial charge in [-0.25, -0.2) is 0 Å². The fourth-order valence-electron chi connectivity index (χ4n) is 0.688. The highest BCUT2D eigenvalue weighted by atomic mass is 16.1. The Bertz CT molecular complexity index is 264. The standard InChI is InChI=1S/C9H9NO/c1-8(11)4-5-9-3-2-6-10-7-9/h2-7H,1H3/b5-4+. The molecule has 0 bridgehead atoms. The van der Waals surface area contributed by atoms with Gasteiger partial charge in [0.05, 0.1) is 0 Å². The second kappa shape index (κ2) is 3.66.